The number of methoxy groups -OCH3 is 1. The van der Waals surface area contributed by atoms with Crippen molar-refractivity contribution < 1.29 is 13.9 Å². The van der Waals surface area contributed by atoms with Gasteiger partial charge in [-0.3, -0.25) is 4.79 Å². The van der Waals surface area contributed by atoms with Crippen molar-refractivity contribution in [2.45, 2.75) is 0 Å². The van der Waals surface area contributed by atoms with Gasteiger partial charge in [-0.05, 0) is 24.3 Å². The molecule has 106 valence electrons. The van der Waals surface area contributed by atoms with Crippen LogP contribution in [0.15, 0.2) is 47.0 Å². The molecule has 6 nitrogen and oxygen atoms in total. The molecule has 6 heteroatoms. The van der Waals surface area contributed by atoms with Gasteiger partial charge in [0.1, 0.15) is 5.82 Å². The summed E-state index contributed by atoms with van der Waals surface area (Å²) in [5, 5.41) is 3.45. The van der Waals surface area contributed by atoms with Crippen LogP contribution in [0.3, 0.4) is 0 Å². The Kier molecular flexibility index (Phi) is 3.19. The molecule has 0 bridgehead atoms. The van der Waals surface area contributed by atoms with Crippen LogP contribution in [0.2, 0.25) is 0 Å². The summed E-state index contributed by atoms with van der Waals surface area (Å²) in [7, 11) is 1.55. The van der Waals surface area contributed by atoms with Gasteiger partial charge in [-0.1, -0.05) is 12.1 Å². The highest BCUT2D eigenvalue weighted by Crippen LogP contribution is 2.29. The molecule has 0 aliphatic rings. The van der Waals surface area contributed by atoms with Crippen LogP contribution in [0, 0.1) is 0 Å². The van der Waals surface area contributed by atoms with Crippen LogP contribution >= 0.6 is 0 Å². The minimum absolute atomic E-state index is 0.178. The van der Waals surface area contributed by atoms with E-state index in [0.717, 1.165) is 5.39 Å². The molecule has 2 heterocycles. The van der Waals surface area contributed by atoms with E-state index in [4.69, 9.17) is 14.9 Å². The van der Waals surface area contributed by atoms with E-state index < -0.39 is 5.91 Å². The average Bonchev–Trinajstić information content (AvgIpc) is 2.93. The number of nitrogens with zero attached hydrogens (tertiary/aromatic N) is 1. The summed E-state index contributed by atoms with van der Waals surface area (Å²) in [4.78, 5) is 16.1. The van der Waals surface area contributed by atoms with Crippen LogP contribution < -0.4 is 15.8 Å². The number of nitrogens with two attached hydrogens (primary N) is 1. The Morgan fingerprint density at radius 1 is 1.33 bits per heavy atom. The Labute approximate surface area is 120 Å². The van der Waals surface area contributed by atoms with Crippen LogP contribution in [0.1, 0.15) is 10.6 Å². The molecule has 0 fully saturated rings. The van der Waals surface area contributed by atoms with Gasteiger partial charge >= 0.3 is 0 Å². The topological polar surface area (TPSA) is 90.4 Å². The van der Waals surface area contributed by atoms with Crippen molar-refractivity contribution in [3.63, 3.8) is 0 Å². The highest BCUT2D eigenvalue weighted by molar-refractivity contribution is 6.06. The van der Waals surface area contributed by atoms with Crippen molar-refractivity contribution in [2.75, 3.05) is 18.2 Å². The maximum atomic E-state index is 12.2. The Bertz CT molecular complexity index is 811. The summed E-state index contributed by atoms with van der Waals surface area (Å²) in [5.41, 5.74) is 6.66. The summed E-state index contributed by atoms with van der Waals surface area (Å²) in [5.74, 6) is 0.609. The van der Waals surface area contributed by atoms with E-state index in [9.17, 15) is 4.79 Å². The second-order valence-corrected chi connectivity index (χ2v) is 4.38. The van der Waals surface area contributed by atoms with Crippen molar-refractivity contribution in [3.8, 4) is 5.75 Å². The second-order valence-electron chi connectivity index (χ2n) is 4.38. The molecule has 0 atom stereocenters. The Morgan fingerprint density at radius 2 is 2.19 bits per heavy atom. The summed E-state index contributed by atoms with van der Waals surface area (Å²) < 4.78 is 10.8. The molecule has 3 aromatic rings. The zero-order valence-electron chi connectivity index (χ0n) is 11.3. The normalized spacial score (nSPS) is 10.5. The number of amides is 1. The van der Waals surface area contributed by atoms with Crippen molar-refractivity contribution in [3.05, 3.63) is 48.4 Å². The van der Waals surface area contributed by atoms with Crippen molar-refractivity contribution in [1.29, 1.82) is 0 Å². The predicted octanol–water partition coefficient (Wildman–Crippen LogP) is 2.67. The number of fused-ring (bicyclic) bond motifs is 1. The van der Waals surface area contributed by atoms with Gasteiger partial charge in [-0.15, -0.1) is 0 Å². The molecule has 0 radical (unpaired) electrons. The number of carbonyl (C=O) groups is 1. The highest BCUT2D eigenvalue weighted by atomic mass is 16.5. The molecule has 0 saturated heterocycles. The molecule has 3 N–H and O–H groups in total. The number of rotatable bonds is 3. The number of hydrogen-bond acceptors (Lipinski definition) is 5. The summed E-state index contributed by atoms with van der Waals surface area (Å²) in [6.07, 6.45) is 1.55. The van der Waals surface area contributed by atoms with Gasteiger partial charge in [0.05, 0.1) is 12.8 Å². The lowest BCUT2D eigenvalue weighted by Gasteiger charge is -2.04. The lowest BCUT2D eigenvalue weighted by Crippen LogP contribution is -2.12. The van der Waals surface area contributed by atoms with Crippen LogP contribution in [0.25, 0.3) is 11.0 Å². The quantitative estimate of drug-likeness (QED) is 0.771. The van der Waals surface area contributed by atoms with Gasteiger partial charge in [-0.25, -0.2) is 4.98 Å². The Morgan fingerprint density at radius 3 is 2.95 bits per heavy atom. The van der Waals surface area contributed by atoms with Gasteiger partial charge in [-0.2, -0.15) is 0 Å². The fourth-order valence-electron chi connectivity index (χ4n) is 2.02. The first-order chi connectivity index (χ1) is 10.2. The van der Waals surface area contributed by atoms with Gasteiger partial charge in [0.25, 0.3) is 5.91 Å². The second kappa shape index (κ2) is 5.16. The van der Waals surface area contributed by atoms with E-state index in [1.165, 1.54) is 0 Å². The third kappa shape index (κ3) is 2.38. The molecule has 2 aromatic heterocycles. The number of aromatic nitrogens is 1. The number of pyridine rings is 1. The SMILES string of the molecule is COc1cccc2cc(C(=O)Nc3cccnc3N)oc12. The van der Waals surface area contributed by atoms with Crippen molar-refractivity contribution in [1.82, 2.24) is 4.98 Å². The zero-order chi connectivity index (χ0) is 14.8. The van der Waals surface area contributed by atoms with E-state index in [2.05, 4.69) is 10.3 Å². The number of nitrogens with one attached hydrogen (secondary N) is 1. The number of para-hydroxylation sites is 1. The maximum absolute atomic E-state index is 12.2. The van der Waals surface area contributed by atoms with Gasteiger partial charge < -0.3 is 20.2 Å². The maximum Gasteiger partial charge on any atom is 0.291 e. The number of benzene rings is 1. The zero-order valence-corrected chi connectivity index (χ0v) is 11.3. The molecule has 21 heavy (non-hydrogen) atoms. The Hall–Kier alpha value is -3.02. The molecular weight excluding hydrogens is 270 g/mol. The fraction of sp³-hybridized carbons (Fsp3) is 0.0667. The average molecular weight is 283 g/mol. The molecule has 0 aliphatic carbocycles. The molecule has 0 aliphatic heterocycles. The van der Waals surface area contributed by atoms with Crippen LogP contribution in [-0.4, -0.2) is 18.0 Å². The number of ether oxygens (including phenoxy) is 1. The number of furan rings is 1. The lowest BCUT2D eigenvalue weighted by molar-refractivity contribution is 0.0998. The van der Waals surface area contributed by atoms with E-state index in [-0.39, 0.29) is 11.6 Å². The van der Waals surface area contributed by atoms with Crippen molar-refractivity contribution >= 4 is 28.4 Å². The van der Waals surface area contributed by atoms with E-state index in [0.29, 0.717) is 17.0 Å². The third-order valence-electron chi connectivity index (χ3n) is 3.04. The number of anilines is 2. The van der Waals surface area contributed by atoms with Gasteiger partial charge in [0, 0.05) is 11.6 Å². The standard InChI is InChI=1S/C15H13N3O3/c1-20-11-6-2-4-9-8-12(21-13(9)11)15(19)18-10-5-3-7-17-14(10)16/h2-8H,1H3,(H2,16,17)(H,18,19). The summed E-state index contributed by atoms with van der Waals surface area (Å²) in [6.45, 7) is 0. The first-order valence-corrected chi connectivity index (χ1v) is 6.27. The number of nitrogen functional groups attached to an aromatic ring is 1. The number of hydrogen-bond donors (Lipinski definition) is 2. The molecule has 0 unspecified atom stereocenters. The summed E-state index contributed by atoms with van der Waals surface area (Å²) >= 11 is 0. The molecule has 0 spiro atoms. The van der Waals surface area contributed by atoms with Crippen LogP contribution in [0.4, 0.5) is 11.5 Å². The van der Waals surface area contributed by atoms with E-state index in [1.54, 1.807) is 37.6 Å². The first kappa shape index (κ1) is 13.0. The van der Waals surface area contributed by atoms with Crippen LogP contribution in [0.5, 0.6) is 5.75 Å². The lowest BCUT2D eigenvalue weighted by atomic mass is 10.2. The van der Waals surface area contributed by atoms with E-state index >= 15 is 0 Å². The third-order valence-corrected chi connectivity index (χ3v) is 3.04. The Balaban J connectivity index is 1.93. The first-order valence-electron chi connectivity index (χ1n) is 6.27. The highest BCUT2D eigenvalue weighted by Gasteiger charge is 2.15. The minimum Gasteiger partial charge on any atom is -0.493 e. The van der Waals surface area contributed by atoms with Gasteiger partial charge in [0.2, 0.25) is 0 Å². The van der Waals surface area contributed by atoms with Gasteiger partial charge in [0.15, 0.2) is 17.1 Å². The van der Waals surface area contributed by atoms with Crippen LogP contribution in [-0.2, 0) is 0 Å². The largest absolute Gasteiger partial charge is 0.493 e. The minimum atomic E-state index is -0.395. The molecule has 0 saturated carbocycles. The van der Waals surface area contributed by atoms with Crippen molar-refractivity contribution in [2.24, 2.45) is 0 Å². The van der Waals surface area contributed by atoms with E-state index in [1.807, 2.05) is 12.1 Å². The molecule has 1 aromatic carbocycles. The number of carbonyl (C=O) groups excluding carboxylic acids is 1. The predicted molar refractivity (Wildman–Crippen MR) is 79.4 cm³/mol. The summed E-state index contributed by atoms with van der Waals surface area (Å²) in [6, 6.07) is 10.5. The fourth-order valence-corrected chi connectivity index (χ4v) is 2.02. The molecular formula is C15H13N3O3. The molecule has 3 rings (SSSR count). The smallest absolute Gasteiger partial charge is 0.291 e. The molecule has 1 amide bonds. The monoisotopic (exact) mass is 283 g/mol.